The van der Waals surface area contributed by atoms with Gasteiger partial charge in [-0.15, -0.1) is 0 Å². The van der Waals surface area contributed by atoms with Gasteiger partial charge in [0.1, 0.15) is 5.76 Å². The first-order valence-corrected chi connectivity index (χ1v) is 7.93. The van der Waals surface area contributed by atoms with E-state index >= 15 is 0 Å². The van der Waals surface area contributed by atoms with E-state index in [0.717, 1.165) is 24.8 Å². The van der Waals surface area contributed by atoms with E-state index in [4.69, 9.17) is 4.42 Å². The molecule has 118 valence electrons. The van der Waals surface area contributed by atoms with Crippen LogP contribution in [0.5, 0.6) is 0 Å². The smallest absolute Gasteiger partial charge is 0.225 e. The van der Waals surface area contributed by atoms with Crippen LogP contribution < -0.4 is 5.32 Å². The summed E-state index contributed by atoms with van der Waals surface area (Å²) in [7, 11) is 0. The second-order valence-electron chi connectivity index (χ2n) is 7.21. The van der Waals surface area contributed by atoms with E-state index < -0.39 is 0 Å². The summed E-state index contributed by atoms with van der Waals surface area (Å²) in [4.78, 5) is 14.5. The number of hydrogen-bond acceptors (Lipinski definition) is 3. The van der Waals surface area contributed by atoms with Crippen molar-refractivity contribution in [1.29, 1.82) is 0 Å². The summed E-state index contributed by atoms with van der Waals surface area (Å²) in [5.74, 6) is 1.82. The highest BCUT2D eigenvalue weighted by atomic mass is 16.3. The molecule has 1 N–H and O–H groups in total. The molecule has 1 unspecified atom stereocenters. The van der Waals surface area contributed by atoms with Crippen LogP contribution in [0.15, 0.2) is 22.8 Å². The minimum absolute atomic E-state index is 0.0874. The number of furan rings is 1. The van der Waals surface area contributed by atoms with Crippen molar-refractivity contribution in [2.45, 2.75) is 46.6 Å². The first-order valence-electron chi connectivity index (χ1n) is 7.93. The Morgan fingerprint density at radius 1 is 1.43 bits per heavy atom. The number of amides is 1. The molecular weight excluding hydrogens is 264 g/mol. The molecule has 0 bridgehead atoms. The van der Waals surface area contributed by atoms with Gasteiger partial charge in [-0.2, -0.15) is 0 Å². The van der Waals surface area contributed by atoms with Gasteiger partial charge in [0, 0.05) is 12.0 Å². The van der Waals surface area contributed by atoms with Gasteiger partial charge in [0.05, 0.1) is 12.3 Å². The zero-order valence-electron chi connectivity index (χ0n) is 13.7. The Hall–Kier alpha value is -1.29. The first kappa shape index (κ1) is 16.1. The molecule has 4 heteroatoms. The van der Waals surface area contributed by atoms with Crippen LogP contribution in [-0.4, -0.2) is 30.4 Å². The Balaban J connectivity index is 2.02. The number of nitrogens with zero attached hydrogens (tertiary/aromatic N) is 1. The van der Waals surface area contributed by atoms with Crippen LogP contribution in [0.4, 0.5) is 0 Å². The highest BCUT2D eigenvalue weighted by molar-refractivity contribution is 5.81. The molecule has 1 fully saturated rings. The molecule has 2 heterocycles. The minimum Gasteiger partial charge on any atom is -0.468 e. The number of carbonyl (C=O) groups is 1. The van der Waals surface area contributed by atoms with Gasteiger partial charge in [-0.3, -0.25) is 9.69 Å². The monoisotopic (exact) mass is 292 g/mol. The van der Waals surface area contributed by atoms with Crippen LogP contribution in [0, 0.1) is 11.3 Å². The number of likely N-dealkylation sites (tertiary alicyclic amines) is 1. The van der Waals surface area contributed by atoms with Crippen molar-refractivity contribution in [3.63, 3.8) is 0 Å². The van der Waals surface area contributed by atoms with Crippen LogP contribution in [0.2, 0.25) is 0 Å². The molecule has 0 aromatic carbocycles. The average molecular weight is 292 g/mol. The lowest BCUT2D eigenvalue weighted by Gasteiger charge is -2.36. The van der Waals surface area contributed by atoms with Gasteiger partial charge in [0.2, 0.25) is 5.91 Å². The second kappa shape index (κ2) is 6.65. The first-order chi connectivity index (χ1) is 9.88. The average Bonchev–Trinajstić information content (AvgIpc) is 2.93. The van der Waals surface area contributed by atoms with Crippen molar-refractivity contribution in [3.8, 4) is 0 Å². The standard InChI is InChI=1S/C17H28N2O2/c1-13-7-9-19(10-8-13)14(15-6-5-11-21-15)12-18-16(20)17(2,3)4/h5-6,11,13-14H,7-10,12H2,1-4H3,(H,18,20). The Morgan fingerprint density at radius 2 is 2.10 bits per heavy atom. The third kappa shape index (κ3) is 4.34. The Bertz CT molecular complexity index is 440. The van der Waals surface area contributed by atoms with E-state index in [2.05, 4.69) is 17.1 Å². The zero-order valence-corrected chi connectivity index (χ0v) is 13.7. The molecule has 1 saturated heterocycles. The van der Waals surface area contributed by atoms with Crippen molar-refractivity contribution in [1.82, 2.24) is 10.2 Å². The summed E-state index contributed by atoms with van der Waals surface area (Å²) < 4.78 is 5.60. The lowest BCUT2D eigenvalue weighted by molar-refractivity contribution is -0.128. The van der Waals surface area contributed by atoms with Crippen molar-refractivity contribution < 1.29 is 9.21 Å². The zero-order chi connectivity index (χ0) is 15.5. The maximum absolute atomic E-state index is 12.1. The van der Waals surface area contributed by atoms with Crippen molar-refractivity contribution >= 4 is 5.91 Å². The van der Waals surface area contributed by atoms with Crippen LogP contribution in [0.1, 0.15) is 52.3 Å². The van der Waals surface area contributed by atoms with Crippen molar-refractivity contribution in [3.05, 3.63) is 24.2 Å². The Labute approximate surface area is 127 Å². The molecule has 4 nitrogen and oxygen atoms in total. The van der Waals surface area contributed by atoms with Crippen LogP contribution >= 0.6 is 0 Å². The van der Waals surface area contributed by atoms with E-state index in [-0.39, 0.29) is 17.4 Å². The van der Waals surface area contributed by atoms with Gasteiger partial charge in [-0.25, -0.2) is 0 Å². The van der Waals surface area contributed by atoms with E-state index in [1.165, 1.54) is 12.8 Å². The van der Waals surface area contributed by atoms with Gasteiger partial charge in [-0.05, 0) is 44.0 Å². The molecule has 21 heavy (non-hydrogen) atoms. The lowest BCUT2D eigenvalue weighted by atomic mass is 9.95. The van der Waals surface area contributed by atoms with Gasteiger partial charge >= 0.3 is 0 Å². The summed E-state index contributed by atoms with van der Waals surface area (Å²) in [6, 6.07) is 4.06. The molecular formula is C17H28N2O2. The number of piperidine rings is 1. The molecule has 1 aromatic rings. The molecule has 1 amide bonds. The summed E-state index contributed by atoms with van der Waals surface area (Å²) in [6.45, 7) is 10.9. The third-order valence-electron chi connectivity index (χ3n) is 4.27. The molecule has 1 atom stereocenters. The lowest BCUT2D eigenvalue weighted by Crippen LogP contribution is -2.44. The fourth-order valence-corrected chi connectivity index (χ4v) is 2.69. The fourth-order valence-electron chi connectivity index (χ4n) is 2.69. The second-order valence-corrected chi connectivity index (χ2v) is 7.21. The summed E-state index contributed by atoms with van der Waals surface area (Å²) >= 11 is 0. The number of carbonyl (C=O) groups excluding carboxylic acids is 1. The summed E-state index contributed by atoms with van der Waals surface area (Å²) in [6.07, 6.45) is 4.13. The Kier molecular flexibility index (Phi) is 5.09. The SMILES string of the molecule is CC1CCN(C(CNC(=O)C(C)(C)C)c2ccco2)CC1. The highest BCUT2D eigenvalue weighted by Crippen LogP contribution is 2.27. The molecule has 0 radical (unpaired) electrons. The highest BCUT2D eigenvalue weighted by Gasteiger charge is 2.28. The number of rotatable bonds is 4. The van der Waals surface area contributed by atoms with Gasteiger partial charge < -0.3 is 9.73 Å². The van der Waals surface area contributed by atoms with E-state index in [1.54, 1.807) is 6.26 Å². The van der Waals surface area contributed by atoms with Gasteiger partial charge in [0.25, 0.3) is 0 Å². The fraction of sp³-hybridized carbons (Fsp3) is 0.706. The number of nitrogens with one attached hydrogen (secondary N) is 1. The molecule has 0 aliphatic carbocycles. The topological polar surface area (TPSA) is 45.5 Å². The predicted molar refractivity (Wildman–Crippen MR) is 83.9 cm³/mol. The van der Waals surface area contributed by atoms with Crippen molar-refractivity contribution in [2.75, 3.05) is 19.6 Å². The maximum Gasteiger partial charge on any atom is 0.225 e. The van der Waals surface area contributed by atoms with Crippen LogP contribution in [0.25, 0.3) is 0 Å². The summed E-state index contributed by atoms with van der Waals surface area (Å²) in [5, 5.41) is 3.08. The maximum atomic E-state index is 12.1. The number of hydrogen-bond donors (Lipinski definition) is 1. The van der Waals surface area contributed by atoms with Gasteiger partial charge in [-0.1, -0.05) is 27.7 Å². The Morgan fingerprint density at radius 3 is 2.62 bits per heavy atom. The van der Waals surface area contributed by atoms with E-state index in [1.807, 2.05) is 32.9 Å². The van der Waals surface area contributed by atoms with Gasteiger partial charge in [0.15, 0.2) is 0 Å². The molecule has 0 spiro atoms. The molecule has 0 saturated carbocycles. The van der Waals surface area contributed by atoms with Crippen LogP contribution in [-0.2, 0) is 4.79 Å². The normalized spacial score (nSPS) is 19.4. The summed E-state index contributed by atoms with van der Waals surface area (Å²) in [5.41, 5.74) is -0.357. The third-order valence-corrected chi connectivity index (χ3v) is 4.27. The predicted octanol–water partition coefficient (Wildman–Crippen LogP) is 3.21. The minimum atomic E-state index is -0.357. The molecule has 1 aliphatic heterocycles. The van der Waals surface area contributed by atoms with Crippen LogP contribution in [0.3, 0.4) is 0 Å². The van der Waals surface area contributed by atoms with Crippen molar-refractivity contribution in [2.24, 2.45) is 11.3 Å². The van der Waals surface area contributed by atoms with E-state index in [0.29, 0.717) is 6.54 Å². The molecule has 1 aromatic heterocycles. The van der Waals surface area contributed by atoms with E-state index in [9.17, 15) is 4.79 Å². The quantitative estimate of drug-likeness (QED) is 0.927. The molecule has 2 rings (SSSR count). The largest absolute Gasteiger partial charge is 0.468 e. The molecule has 1 aliphatic rings.